The summed E-state index contributed by atoms with van der Waals surface area (Å²) < 4.78 is 0. The first kappa shape index (κ1) is 16.1. The SMILES string of the molecule is O=C1N(Cc2ccccc2)c2ccccc2C12CC[NH2+]C21CCCCC1. The molecule has 5 rings (SSSR count). The van der Waals surface area contributed by atoms with Gasteiger partial charge in [0.15, 0.2) is 0 Å². The molecular weight excluding hydrogens is 320 g/mol. The third-order valence-electron chi connectivity index (χ3n) is 7.10. The van der Waals surface area contributed by atoms with E-state index >= 15 is 0 Å². The van der Waals surface area contributed by atoms with E-state index in [9.17, 15) is 4.79 Å². The van der Waals surface area contributed by atoms with Crippen LogP contribution in [0.25, 0.3) is 0 Å². The van der Waals surface area contributed by atoms with Gasteiger partial charge in [-0.2, -0.15) is 0 Å². The minimum absolute atomic E-state index is 0.0733. The average Bonchev–Trinajstić information content (AvgIpc) is 3.16. The summed E-state index contributed by atoms with van der Waals surface area (Å²) in [4.78, 5) is 16.0. The van der Waals surface area contributed by atoms with Gasteiger partial charge in [-0.05, 0) is 30.0 Å². The molecule has 3 nitrogen and oxygen atoms in total. The monoisotopic (exact) mass is 347 g/mol. The van der Waals surface area contributed by atoms with Crippen molar-refractivity contribution >= 4 is 11.6 Å². The first-order valence-corrected chi connectivity index (χ1v) is 10.1. The average molecular weight is 347 g/mol. The van der Waals surface area contributed by atoms with Gasteiger partial charge in [0.1, 0.15) is 11.0 Å². The highest BCUT2D eigenvalue weighted by molar-refractivity contribution is 6.09. The van der Waals surface area contributed by atoms with Crippen LogP contribution in [0.3, 0.4) is 0 Å². The largest absolute Gasteiger partial charge is 0.340 e. The van der Waals surface area contributed by atoms with Crippen LogP contribution in [0.5, 0.6) is 0 Å². The molecule has 2 aromatic carbocycles. The van der Waals surface area contributed by atoms with Crippen molar-refractivity contribution in [3.8, 4) is 0 Å². The van der Waals surface area contributed by atoms with Crippen molar-refractivity contribution in [1.29, 1.82) is 0 Å². The van der Waals surface area contributed by atoms with Crippen molar-refractivity contribution in [3.63, 3.8) is 0 Å². The van der Waals surface area contributed by atoms with Gasteiger partial charge in [0.05, 0.1) is 13.1 Å². The number of nitrogens with two attached hydrogens (primary N) is 1. The third-order valence-corrected chi connectivity index (χ3v) is 7.10. The molecule has 2 heterocycles. The van der Waals surface area contributed by atoms with Crippen molar-refractivity contribution in [2.45, 2.75) is 56.0 Å². The number of carbonyl (C=O) groups is 1. The zero-order valence-electron chi connectivity index (χ0n) is 15.3. The van der Waals surface area contributed by atoms with E-state index in [4.69, 9.17) is 0 Å². The smallest absolute Gasteiger partial charge is 0.244 e. The predicted octanol–water partition coefficient (Wildman–Crippen LogP) is 3.14. The maximum Gasteiger partial charge on any atom is 0.244 e. The molecule has 0 radical (unpaired) electrons. The van der Waals surface area contributed by atoms with Gasteiger partial charge >= 0.3 is 0 Å². The Balaban J connectivity index is 1.62. The lowest BCUT2D eigenvalue weighted by atomic mass is 9.61. The maximum absolute atomic E-state index is 14.0. The second-order valence-electron chi connectivity index (χ2n) is 8.26. The molecule has 3 heteroatoms. The summed E-state index contributed by atoms with van der Waals surface area (Å²) >= 11 is 0. The number of amides is 1. The number of benzene rings is 2. The van der Waals surface area contributed by atoms with E-state index in [0.29, 0.717) is 12.5 Å². The second-order valence-corrected chi connectivity index (χ2v) is 8.26. The van der Waals surface area contributed by atoms with Crippen LogP contribution in [0, 0.1) is 0 Å². The Morgan fingerprint density at radius 1 is 0.885 bits per heavy atom. The van der Waals surface area contributed by atoms with Crippen LogP contribution in [0.4, 0.5) is 5.69 Å². The highest BCUT2D eigenvalue weighted by Crippen LogP contribution is 2.54. The van der Waals surface area contributed by atoms with Crippen LogP contribution in [-0.2, 0) is 16.8 Å². The summed E-state index contributed by atoms with van der Waals surface area (Å²) in [7, 11) is 0. The molecule has 0 aromatic heterocycles. The number of hydrogen-bond donors (Lipinski definition) is 1. The Morgan fingerprint density at radius 2 is 1.62 bits per heavy atom. The zero-order chi connectivity index (χ0) is 17.6. The van der Waals surface area contributed by atoms with E-state index < -0.39 is 0 Å². The lowest BCUT2D eigenvalue weighted by Gasteiger charge is -2.41. The van der Waals surface area contributed by atoms with Crippen molar-refractivity contribution < 1.29 is 10.1 Å². The van der Waals surface area contributed by atoms with E-state index in [2.05, 4.69) is 58.7 Å². The summed E-state index contributed by atoms with van der Waals surface area (Å²) in [5.41, 5.74) is 3.38. The Kier molecular flexibility index (Phi) is 3.68. The molecule has 1 aliphatic carbocycles. The maximum atomic E-state index is 14.0. The highest BCUT2D eigenvalue weighted by atomic mass is 16.2. The van der Waals surface area contributed by atoms with Gasteiger partial charge in [-0.25, -0.2) is 0 Å². The molecule has 1 saturated carbocycles. The van der Waals surface area contributed by atoms with Crippen LogP contribution in [-0.4, -0.2) is 18.0 Å². The number of rotatable bonds is 2. The van der Waals surface area contributed by atoms with Crippen molar-refractivity contribution in [1.82, 2.24) is 0 Å². The van der Waals surface area contributed by atoms with E-state index in [1.165, 1.54) is 43.2 Å². The normalized spacial score (nSPS) is 26.6. The number of nitrogens with zero attached hydrogens (tertiary/aromatic N) is 1. The standard InChI is InChI=1S/C23H26N2O/c26-21-23(15-16-24-22(23)13-7-2-8-14-22)19-11-5-6-12-20(19)25(21)17-18-9-3-1-4-10-18/h1,3-6,9-12,24H,2,7-8,13-17H2/p+1. The molecule has 134 valence electrons. The van der Waals surface area contributed by atoms with E-state index in [0.717, 1.165) is 18.7 Å². The lowest BCUT2D eigenvalue weighted by molar-refractivity contribution is -0.714. The topological polar surface area (TPSA) is 36.9 Å². The lowest BCUT2D eigenvalue weighted by Crippen LogP contribution is -2.97. The fourth-order valence-electron chi connectivity index (χ4n) is 5.97. The first-order chi connectivity index (χ1) is 12.8. The van der Waals surface area contributed by atoms with Crippen molar-refractivity contribution in [3.05, 3.63) is 65.7 Å². The predicted molar refractivity (Wildman–Crippen MR) is 103 cm³/mol. The van der Waals surface area contributed by atoms with Crippen molar-refractivity contribution in [2.75, 3.05) is 11.4 Å². The number of hydrogen-bond acceptors (Lipinski definition) is 1. The fraction of sp³-hybridized carbons (Fsp3) is 0.435. The number of carbonyl (C=O) groups excluding carboxylic acids is 1. The first-order valence-electron chi connectivity index (χ1n) is 10.1. The minimum atomic E-state index is -0.321. The van der Waals surface area contributed by atoms with Crippen LogP contribution in [0.2, 0.25) is 0 Å². The highest BCUT2D eigenvalue weighted by Gasteiger charge is 2.68. The van der Waals surface area contributed by atoms with Gasteiger partial charge in [-0.1, -0.05) is 55.0 Å². The van der Waals surface area contributed by atoms with Gasteiger partial charge < -0.3 is 10.2 Å². The number of anilines is 1. The second kappa shape index (κ2) is 5.95. The number of fused-ring (bicyclic) bond motifs is 3. The molecule has 2 aromatic rings. The van der Waals surface area contributed by atoms with Crippen LogP contribution < -0.4 is 10.2 Å². The van der Waals surface area contributed by atoms with Crippen LogP contribution in [0.15, 0.2) is 54.6 Å². The third kappa shape index (κ3) is 2.07. The molecule has 0 bridgehead atoms. The molecule has 2 spiro atoms. The molecule has 1 saturated heterocycles. The Hall–Kier alpha value is -2.13. The quantitative estimate of drug-likeness (QED) is 0.890. The summed E-state index contributed by atoms with van der Waals surface area (Å²) in [6.45, 7) is 1.74. The molecular formula is C23H27N2O+. The molecule has 3 aliphatic rings. The molecule has 1 atom stereocenters. The Labute approximate surface area is 155 Å². The number of para-hydroxylation sites is 1. The molecule has 2 fully saturated rings. The van der Waals surface area contributed by atoms with Gasteiger partial charge in [-0.3, -0.25) is 4.79 Å². The fourth-order valence-corrected chi connectivity index (χ4v) is 5.97. The molecule has 2 aliphatic heterocycles. The Bertz CT molecular complexity index is 825. The Morgan fingerprint density at radius 3 is 2.42 bits per heavy atom. The summed E-state index contributed by atoms with van der Waals surface area (Å²) in [5.74, 6) is 0.346. The summed E-state index contributed by atoms with van der Waals surface area (Å²) in [6.07, 6.45) is 7.15. The number of quaternary nitrogens is 1. The summed E-state index contributed by atoms with van der Waals surface area (Å²) in [5, 5.41) is 2.52. The van der Waals surface area contributed by atoms with E-state index in [1.54, 1.807) is 0 Å². The molecule has 1 amide bonds. The molecule has 26 heavy (non-hydrogen) atoms. The minimum Gasteiger partial charge on any atom is -0.340 e. The zero-order valence-corrected chi connectivity index (χ0v) is 15.3. The van der Waals surface area contributed by atoms with Gasteiger partial charge in [0, 0.05) is 24.9 Å². The van der Waals surface area contributed by atoms with E-state index in [1.807, 2.05) is 6.07 Å². The molecule has 1 unspecified atom stereocenters. The molecule has 2 N–H and O–H groups in total. The van der Waals surface area contributed by atoms with Crippen molar-refractivity contribution in [2.24, 2.45) is 0 Å². The van der Waals surface area contributed by atoms with Gasteiger partial charge in [0.25, 0.3) is 0 Å². The summed E-state index contributed by atoms with van der Waals surface area (Å²) in [6, 6.07) is 19.0. The van der Waals surface area contributed by atoms with Gasteiger partial charge in [0.2, 0.25) is 5.91 Å². The van der Waals surface area contributed by atoms with Crippen LogP contribution in [0.1, 0.15) is 49.7 Å². The van der Waals surface area contributed by atoms with Crippen LogP contribution >= 0.6 is 0 Å². The van der Waals surface area contributed by atoms with E-state index in [-0.39, 0.29) is 11.0 Å². The van der Waals surface area contributed by atoms with Gasteiger partial charge in [-0.15, -0.1) is 0 Å².